The Morgan fingerprint density at radius 2 is 1.71 bits per heavy atom. The van der Waals surface area contributed by atoms with E-state index in [4.69, 9.17) is 0 Å². The SMILES string of the molecule is CCCN1CCN(C(=O)CN2C(=O)/C(=C/c3ccc(C(F)(F)F)cc3)Sc3ccccc32)CC1. The molecule has 9 heteroatoms. The third-order valence-electron chi connectivity index (χ3n) is 5.93. The van der Waals surface area contributed by atoms with Crippen LogP contribution in [0.2, 0.25) is 0 Å². The minimum Gasteiger partial charge on any atom is -0.339 e. The summed E-state index contributed by atoms with van der Waals surface area (Å²) in [6.45, 7) is 5.96. The fraction of sp³-hybridized carbons (Fsp3) is 0.360. The second-order valence-electron chi connectivity index (χ2n) is 8.31. The molecule has 180 valence electrons. The van der Waals surface area contributed by atoms with Crippen molar-refractivity contribution in [3.05, 3.63) is 64.6 Å². The lowest BCUT2D eigenvalue weighted by molar-refractivity contribution is -0.137. The maximum atomic E-state index is 13.4. The molecule has 1 saturated heterocycles. The highest BCUT2D eigenvalue weighted by atomic mass is 32.2. The first-order valence-corrected chi connectivity index (χ1v) is 12.1. The lowest BCUT2D eigenvalue weighted by atomic mass is 10.1. The van der Waals surface area contributed by atoms with Crippen LogP contribution in [0.1, 0.15) is 24.5 Å². The number of piperazine rings is 1. The van der Waals surface area contributed by atoms with Crippen LogP contribution in [-0.4, -0.2) is 60.9 Å². The van der Waals surface area contributed by atoms with Crippen LogP contribution in [0, 0.1) is 0 Å². The fourth-order valence-electron chi connectivity index (χ4n) is 4.11. The van der Waals surface area contributed by atoms with Crippen LogP contribution in [0.5, 0.6) is 0 Å². The van der Waals surface area contributed by atoms with Crippen molar-refractivity contribution in [2.75, 3.05) is 44.2 Å². The summed E-state index contributed by atoms with van der Waals surface area (Å²) in [7, 11) is 0. The summed E-state index contributed by atoms with van der Waals surface area (Å²) in [4.78, 5) is 33.2. The molecule has 2 amide bonds. The van der Waals surface area contributed by atoms with Gasteiger partial charge in [-0.3, -0.25) is 19.4 Å². The number of hydrogen-bond acceptors (Lipinski definition) is 4. The van der Waals surface area contributed by atoms with E-state index in [1.54, 1.807) is 11.0 Å². The number of anilines is 1. The molecule has 0 unspecified atom stereocenters. The number of fused-ring (bicyclic) bond motifs is 1. The largest absolute Gasteiger partial charge is 0.416 e. The highest BCUT2D eigenvalue weighted by Crippen LogP contribution is 2.42. The zero-order valence-corrected chi connectivity index (χ0v) is 19.7. The van der Waals surface area contributed by atoms with E-state index in [1.807, 2.05) is 24.3 Å². The molecular weight excluding hydrogens is 463 g/mol. The van der Waals surface area contributed by atoms with Gasteiger partial charge in [0.2, 0.25) is 5.91 Å². The van der Waals surface area contributed by atoms with Crippen molar-refractivity contribution in [2.45, 2.75) is 24.4 Å². The molecule has 2 aliphatic rings. The Morgan fingerprint density at radius 3 is 2.35 bits per heavy atom. The molecule has 34 heavy (non-hydrogen) atoms. The van der Waals surface area contributed by atoms with Crippen molar-refractivity contribution in [1.29, 1.82) is 0 Å². The highest BCUT2D eigenvalue weighted by Gasteiger charge is 2.33. The molecule has 0 aliphatic carbocycles. The molecule has 4 rings (SSSR count). The molecule has 0 saturated carbocycles. The number of thioether (sulfide) groups is 1. The van der Waals surface area contributed by atoms with Gasteiger partial charge in [-0.2, -0.15) is 13.2 Å². The van der Waals surface area contributed by atoms with E-state index in [-0.39, 0.29) is 18.4 Å². The van der Waals surface area contributed by atoms with Crippen LogP contribution in [0.25, 0.3) is 6.08 Å². The Bertz CT molecular complexity index is 1080. The number of amides is 2. The van der Waals surface area contributed by atoms with E-state index in [1.165, 1.54) is 28.8 Å². The quantitative estimate of drug-likeness (QED) is 0.570. The topological polar surface area (TPSA) is 43.9 Å². The molecule has 0 bridgehead atoms. The van der Waals surface area contributed by atoms with Gasteiger partial charge in [0.05, 0.1) is 16.2 Å². The Hall–Kier alpha value is -2.78. The van der Waals surface area contributed by atoms with Gasteiger partial charge >= 0.3 is 6.18 Å². The third-order valence-corrected chi connectivity index (χ3v) is 7.00. The number of benzene rings is 2. The summed E-state index contributed by atoms with van der Waals surface area (Å²) in [5, 5.41) is 0. The second kappa shape index (κ2) is 10.2. The Kier molecular flexibility index (Phi) is 7.33. The van der Waals surface area contributed by atoms with Crippen LogP contribution in [0.4, 0.5) is 18.9 Å². The molecule has 0 aromatic heterocycles. The van der Waals surface area contributed by atoms with Crippen molar-refractivity contribution in [1.82, 2.24) is 9.80 Å². The van der Waals surface area contributed by atoms with Crippen LogP contribution < -0.4 is 4.90 Å². The molecule has 5 nitrogen and oxygen atoms in total. The number of alkyl halides is 3. The minimum atomic E-state index is -4.42. The van der Waals surface area contributed by atoms with Crippen LogP contribution in [-0.2, 0) is 15.8 Å². The number of carbonyl (C=O) groups excluding carboxylic acids is 2. The van der Waals surface area contributed by atoms with Gasteiger partial charge in [0.25, 0.3) is 5.91 Å². The molecule has 0 atom stereocenters. The van der Waals surface area contributed by atoms with Crippen molar-refractivity contribution in [2.24, 2.45) is 0 Å². The van der Waals surface area contributed by atoms with Gasteiger partial charge in [0.15, 0.2) is 0 Å². The Morgan fingerprint density at radius 1 is 1.03 bits per heavy atom. The van der Waals surface area contributed by atoms with Gasteiger partial charge in [0, 0.05) is 31.1 Å². The molecule has 1 fully saturated rings. The summed E-state index contributed by atoms with van der Waals surface area (Å²) < 4.78 is 38.6. The first-order chi connectivity index (χ1) is 16.3. The van der Waals surface area contributed by atoms with Crippen LogP contribution in [0.15, 0.2) is 58.3 Å². The van der Waals surface area contributed by atoms with Gasteiger partial charge < -0.3 is 4.90 Å². The van der Waals surface area contributed by atoms with E-state index in [0.717, 1.165) is 43.1 Å². The highest BCUT2D eigenvalue weighted by molar-refractivity contribution is 8.04. The van der Waals surface area contributed by atoms with Crippen molar-refractivity contribution in [3.8, 4) is 0 Å². The van der Waals surface area contributed by atoms with Crippen LogP contribution in [0.3, 0.4) is 0 Å². The molecular formula is C25H26F3N3O2S. The van der Waals surface area contributed by atoms with E-state index >= 15 is 0 Å². The van der Waals surface area contributed by atoms with Gasteiger partial charge in [-0.1, -0.05) is 43.0 Å². The number of halogens is 3. The first-order valence-electron chi connectivity index (χ1n) is 11.2. The van der Waals surface area contributed by atoms with Gasteiger partial charge in [-0.15, -0.1) is 0 Å². The maximum absolute atomic E-state index is 13.4. The van der Waals surface area contributed by atoms with Crippen LogP contribution >= 0.6 is 11.8 Å². The Balaban J connectivity index is 1.54. The number of rotatable bonds is 5. The van der Waals surface area contributed by atoms with Crippen molar-refractivity contribution >= 4 is 35.3 Å². The zero-order valence-electron chi connectivity index (χ0n) is 18.8. The van der Waals surface area contributed by atoms with Crippen molar-refractivity contribution in [3.63, 3.8) is 0 Å². The van der Waals surface area contributed by atoms with Gasteiger partial charge in [-0.05, 0) is 48.9 Å². The van der Waals surface area contributed by atoms with Gasteiger partial charge in [-0.25, -0.2) is 0 Å². The number of carbonyl (C=O) groups is 2. The molecule has 2 aromatic carbocycles. The average Bonchev–Trinajstić information content (AvgIpc) is 2.82. The number of nitrogens with zero attached hydrogens (tertiary/aromatic N) is 3. The van der Waals surface area contributed by atoms with Crippen molar-refractivity contribution < 1.29 is 22.8 Å². The maximum Gasteiger partial charge on any atom is 0.416 e. The molecule has 0 spiro atoms. The first kappa shape index (κ1) is 24.3. The van der Waals surface area contributed by atoms with E-state index in [9.17, 15) is 22.8 Å². The molecule has 2 heterocycles. The fourth-order valence-corrected chi connectivity index (χ4v) is 5.17. The van der Waals surface area contributed by atoms with Gasteiger partial charge in [0.1, 0.15) is 6.54 Å². The summed E-state index contributed by atoms with van der Waals surface area (Å²) in [5.74, 6) is -0.443. The van der Waals surface area contributed by atoms with E-state index in [2.05, 4.69) is 11.8 Å². The lowest BCUT2D eigenvalue weighted by Gasteiger charge is -2.36. The summed E-state index contributed by atoms with van der Waals surface area (Å²) in [5.41, 5.74) is 0.412. The number of hydrogen-bond donors (Lipinski definition) is 0. The molecule has 0 N–H and O–H groups in total. The Labute approximate surface area is 201 Å². The normalized spacial score (nSPS) is 18.4. The predicted molar refractivity (Wildman–Crippen MR) is 127 cm³/mol. The van der Waals surface area contributed by atoms with E-state index < -0.39 is 11.7 Å². The second-order valence-corrected chi connectivity index (χ2v) is 9.40. The summed E-state index contributed by atoms with van der Waals surface area (Å²) in [6, 6.07) is 12.0. The molecule has 2 aliphatic heterocycles. The molecule has 2 aromatic rings. The average molecular weight is 490 g/mol. The predicted octanol–water partition coefficient (Wildman–Crippen LogP) is 4.74. The number of para-hydroxylation sites is 1. The summed E-state index contributed by atoms with van der Waals surface area (Å²) >= 11 is 1.26. The standard InChI is InChI=1S/C25H26F3N3O2S/c1-2-11-29-12-14-30(15-13-29)23(32)17-31-20-5-3-4-6-21(20)34-22(24(31)33)16-18-7-9-19(10-8-18)25(26,27)28/h3-10,16H,2,11-15,17H2,1H3/b22-16-. The lowest BCUT2D eigenvalue weighted by Crippen LogP contribution is -2.52. The third kappa shape index (κ3) is 5.47. The molecule has 0 radical (unpaired) electrons. The monoisotopic (exact) mass is 489 g/mol. The zero-order chi connectivity index (χ0) is 24.3. The minimum absolute atomic E-state index is 0.0749. The summed E-state index contributed by atoms with van der Waals surface area (Å²) in [6.07, 6.45) is -1.78. The smallest absolute Gasteiger partial charge is 0.339 e. The van der Waals surface area contributed by atoms with E-state index in [0.29, 0.717) is 29.2 Å².